The molecule has 0 radical (unpaired) electrons. The number of rotatable bonds is 2. The van der Waals surface area contributed by atoms with Gasteiger partial charge in [0.1, 0.15) is 46.4 Å². The minimum absolute atomic E-state index is 0.138. The number of nitrogens with zero attached hydrogens (tertiary/aromatic N) is 8. The van der Waals surface area contributed by atoms with E-state index in [1.54, 1.807) is 46.6 Å². The van der Waals surface area contributed by atoms with Crippen LogP contribution in [0.3, 0.4) is 0 Å². The number of fused-ring (bicyclic) bond motifs is 7. The summed E-state index contributed by atoms with van der Waals surface area (Å²) in [4.78, 5) is 42.0. The van der Waals surface area contributed by atoms with Crippen molar-refractivity contribution in [3.8, 4) is 22.7 Å². The van der Waals surface area contributed by atoms with Crippen molar-refractivity contribution in [2.45, 2.75) is 57.5 Å². The molecule has 1 unspecified atom stereocenters. The summed E-state index contributed by atoms with van der Waals surface area (Å²) in [5.41, 5.74) is 3.81. The van der Waals surface area contributed by atoms with E-state index in [9.17, 15) is 14.0 Å². The van der Waals surface area contributed by atoms with Crippen LogP contribution in [0, 0.1) is 18.6 Å². The maximum Gasteiger partial charge on any atom is 0.254 e. The number of amides is 1. The van der Waals surface area contributed by atoms with Crippen LogP contribution in [-0.4, -0.2) is 91.7 Å². The molecule has 13 nitrogen and oxygen atoms in total. The molecule has 1 saturated heterocycles. The third kappa shape index (κ3) is 5.73. The zero-order valence-corrected chi connectivity index (χ0v) is 30.1. The summed E-state index contributed by atoms with van der Waals surface area (Å²) >= 11 is 0. The highest BCUT2D eigenvalue weighted by Gasteiger charge is 2.40. The molecule has 278 valence electrons. The van der Waals surface area contributed by atoms with Gasteiger partial charge in [-0.05, 0) is 56.5 Å². The highest BCUT2D eigenvalue weighted by atomic mass is 19.1. The van der Waals surface area contributed by atoms with Gasteiger partial charge in [0.2, 0.25) is 5.91 Å². The quantitative estimate of drug-likeness (QED) is 0.265. The molecule has 2 aromatic carbocycles. The van der Waals surface area contributed by atoms with Gasteiger partial charge in [0.15, 0.2) is 0 Å². The number of hydrogen-bond donors (Lipinski definition) is 1. The number of halogens is 2. The number of benzene rings is 2. The minimum Gasteiger partial charge on any atom is -0.491 e. The number of aromatic nitrogens is 6. The molecule has 1 fully saturated rings. The lowest BCUT2D eigenvalue weighted by atomic mass is 10.1. The van der Waals surface area contributed by atoms with Crippen LogP contribution in [0.1, 0.15) is 25.1 Å². The Hall–Kier alpha value is -5.83. The molecule has 9 rings (SSSR count). The highest BCUT2D eigenvalue weighted by Crippen LogP contribution is 2.37. The Labute approximate surface area is 308 Å². The van der Waals surface area contributed by atoms with E-state index in [2.05, 4.69) is 10.3 Å². The van der Waals surface area contributed by atoms with E-state index < -0.39 is 23.8 Å². The van der Waals surface area contributed by atoms with E-state index in [0.29, 0.717) is 102 Å². The maximum atomic E-state index is 15.0. The normalized spacial score (nSPS) is 20.3. The van der Waals surface area contributed by atoms with E-state index in [1.165, 1.54) is 24.3 Å². The van der Waals surface area contributed by atoms with Gasteiger partial charge in [-0.25, -0.2) is 23.4 Å². The Bertz CT molecular complexity index is 2510. The third-order valence-corrected chi connectivity index (χ3v) is 10.8. The zero-order valence-electron chi connectivity index (χ0n) is 30.1. The van der Waals surface area contributed by atoms with Gasteiger partial charge >= 0.3 is 0 Å². The van der Waals surface area contributed by atoms with Crippen LogP contribution >= 0.6 is 0 Å². The lowest BCUT2D eigenvalue weighted by Gasteiger charge is -2.31. The van der Waals surface area contributed by atoms with Crippen molar-refractivity contribution in [2.24, 2.45) is 0 Å². The van der Waals surface area contributed by atoms with Crippen molar-refractivity contribution in [1.82, 2.24) is 33.8 Å². The second kappa shape index (κ2) is 13.2. The van der Waals surface area contributed by atoms with Crippen molar-refractivity contribution in [3.05, 3.63) is 88.6 Å². The number of imidazole rings is 1. The fourth-order valence-electron chi connectivity index (χ4n) is 8.27. The van der Waals surface area contributed by atoms with Crippen LogP contribution in [0.15, 0.2) is 65.6 Å². The van der Waals surface area contributed by atoms with Gasteiger partial charge in [-0.3, -0.25) is 14.2 Å². The van der Waals surface area contributed by atoms with E-state index in [4.69, 9.17) is 19.6 Å². The van der Waals surface area contributed by atoms with Crippen LogP contribution in [0.5, 0.6) is 5.75 Å². The molecule has 0 aliphatic carbocycles. The fraction of sp³-hybridized carbons (Fsp3) is 0.359. The summed E-state index contributed by atoms with van der Waals surface area (Å²) in [7, 11) is 3.37. The molecular formula is C39H39F2N9O4. The van der Waals surface area contributed by atoms with E-state index in [1.807, 2.05) is 34.6 Å². The summed E-state index contributed by atoms with van der Waals surface area (Å²) < 4.78 is 46.7. The zero-order chi connectivity index (χ0) is 37.2. The third-order valence-electron chi connectivity index (χ3n) is 10.8. The predicted octanol–water partition coefficient (Wildman–Crippen LogP) is 4.90. The summed E-state index contributed by atoms with van der Waals surface area (Å²) in [6.07, 6.45) is 3.02. The molecule has 6 aromatic rings. The highest BCUT2D eigenvalue weighted by molar-refractivity contribution is 5.95. The Kier molecular flexibility index (Phi) is 8.32. The fourth-order valence-corrected chi connectivity index (χ4v) is 8.27. The van der Waals surface area contributed by atoms with Gasteiger partial charge in [-0.15, -0.1) is 0 Å². The molecular weight excluding hydrogens is 696 g/mol. The first-order chi connectivity index (χ1) is 26.2. The molecule has 3 atom stereocenters. The number of nitrogens with one attached hydrogen (secondary N) is 1. The summed E-state index contributed by atoms with van der Waals surface area (Å²) in [5.74, 6) is 0.588. The van der Waals surface area contributed by atoms with Gasteiger partial charge in [-0.2, -0.15) is 5.10 Å². The average molecular weight is 736 g/mol. The van der Waals surface area contributed by atoms with Gasteiger partial charge in [-0.1, -0.05) is 6.07 Å². The van der Waals surface area contributed by atoms with Crippen LogP contribution in [0.4, 0.5) is 20.3 Å². The molecule has 1 N–H and O–H groups in total. The van der Waals surface area contributed by atoms with Crippen molar-refractivity contribution in [1.29, 1.82) is 0 Å². The van der Waals surface area contributed by atoms with Crippen LogP contribution < -0.4 is 20.5 Å². The first-order valence-corrected chi connectivity index (χ1v) is 18.2. The molecule has 0 spiro atoms. The number of anilines is 2. The van der Waals surface area contributed by atoms with Gasteiger partial charge in [0.05, 0.1) is 53.3 Å². The average Bonchev–Trinajstić information content (AvgIpc) is 3.86. The SMILES string of the molecule is CO[C@H]1CN(C)C(=O)[C@@H]2CC(CN2c2cc(=O)n3c4c2cnn4-c2ccc(F)cc2OCCCC3)Nc2cccc(n2)-c2cc(F)cc3nc(C)n(c23)C1. The Morgan fingerprint density at radius 2 is 1.81 bits per heavy atom. The minimum atomic E-state index is -0.656. The number of hydrogen-bond acceptors (Lipinski definition) is 9. The molecule has 15 heteroatoms. The molecule has 4 aromatic heterocycles. The number of ether oxygens (including phenoxy) is 2. The monoisotopic (exact) mass is 735 g/mol. The van der Waals surface area contributed by atoms with Crippen molar-refractivity contribution >= 4 is 39.5 Å². The lowest BCUT2D eigenvalue weighted by Crippen LogP contribution is -2.47. The van der Waals surface area contributed by atoms with Gasteiger partial charge in [0, 0.05) is 63.6 Å². The standard InChI is InChI=1S/C39H39F2N9O4/c1-22-43-30-14-24(41)13-27-29-7-6-8-35(45-29)44-25-16-33(39(52)46(2)20-26(53-3)21-48(22)37(27)30)49(19-25)32-17-36(51)47-11-4-5-12-54-34-15-23(40)9-10-31(34)50-38(47)28(32)18-42-50/h6-10,13-15,17-18,25-26,33H,4-5,11-12,16,19-21H2,1-3H3,(H,44,45)/t25?,26-,33-/m0/s1. The first kappa shape index (κ1) is 34.0. The van der Waals surface area contributed by atoms with E-state index >= 15 is 4.39 Å². The van der Waals surface area contributed by atoms with E-state index in [0.717, 1.165) is 5.52 Å². The van der Waals surface area contributed by atoms with Crippen molar-refractivity contribution in [3.63, 3.8) is 0 Å². The lowest BCUT2D eigenvalue weighted by molar-refractivity contribution is -0.132. The topological polar surface area (TPSA) is 125 Å². The summed E-state index contributed by atoms with van der Waals surface area (Å²) in [6, 6.07) is 13.4. The second-order valence-corrected chi connectivity index (χ2v) is 14.3. The van der Waals surface area contributed by atoms with Crippen molar-refractivity contribution < 1.29 is 23.0 Å². The maximum absolute atomic E-state index is 15.0. The largest absolute Gasteiger partial charge is 0.491 e. The number of carbonyl (C=O) groups excluding carboxylic acids is 1. The number of methoxy groups -OCH3 is 1. The number of likely N-dealkylation sites (N-methyl/N-ethyl adjacent to an activating group) is 1. The number of carbonyl (C=O) groups is 1. The molecule has 3 aliphatic heterocycles. The number of pyridine rings is 2. The van der Waals surface area contributed by atoms with Crippen molar-refractivity contribution in [2.75, 3.05) is 44.1 Å². The molecule has 0 saturated carbocycles. The van der Waals surface area contributed by atoms with Gasteiger partial charge in [0.25, 0.3) is 5.56 Å². The number of aryl methyl sites for hydroxylation is 2. The Balaban J connectivity index is 1.18. The summed E-state index contributed by atoms with van der Waals surface area (Å²) in [6.45, 7) is 3.67. The van der Waals surface area contributed by atoms with Crippen LogP contribution in [0.2, 0.25) is 0 Å². The molecule has 3 aliphatic rings. The van der Waals surface area contributed by atoms with Crippen LogP contribution in [-0.2, 0) is 22.6 Å². The van der Waals surface area contributed by atoms with Crippen LogP contribution in [0.25, 0.3) is 39.0 Å². The first-order valence-electron chi connectivity index (χ1n) is 18.2. The molecule has 1 amide bonds. The molecule has 54 heavy (non-hydrogen) atoms. The molecule has 4 bridgehead atoms. The van der Waals surface area contributed by atoms with E-state index in [-0.39, 0.29) is 24.1 Å². The van der Waals surface area contributed by atoms with Gasteiger partial charge < -0.3 is 29.2 Å². The Morgan fingerprint density at radius 1 is 0.944 bits per heavy atom. The summed E-state index contributed by atoms with van der Waals surface area (Å²) in [5, 5.41) is 8.94. The smallest absolute Gasteiger partial charge is 0.254 e. The second-order valence-electron chi connectivity index (χ2n) is 14.3. The molecule has 7 heterocycles. The predicted molar refractivity (Wildman–Crippen MR) is 199 cm³/mol. The Morgan fingerprint density at radius 3 is 2.67 bits per heavy atom.